The van der Waals surface area contributed by atoms with E-state index in [1.807, 2.05) is 30.2 Å². The number of carbonyl (C=O) groups is 1. The number of hydrogen-bond donors (Lipinski definition) is 1. The minimum absolute atomic E-state index is 0.0311. The molecule has 1 amide bonds. The maximum absolute atomic E-state index is 12.6. The van der Waals surface area contributed by atoms with Crippen LogP contribution < -0.4 is 5.43 Å². The average molecular weight is 316 g/mol. The van der Waals surface area contributed by atoms with E-state index in [-0.39, 0.29) is 17.3 Å². The van der Waals surface area contributed by atoms with Crippen LogP contribution in [-0.4, -0.2) is 28.9 Å². The summed E-state index contributed by atoms with van der Waals surface area (Å²) in [5.41, 5.74) is 2.98. The summed E-state index contributed by atoms with van der Waals surface area (Å²) < 4.78 is 0. The molecule has 0 saturated carbocycles. The lowest BCUT2D eigenvalue weighted by atomic mass is 9.94. The van der Waals surface area contributed by atoms with Gasteiger partial charge in [0.1, 0.15) is 0 Å². The molecule has 1 aliphatic rings. The number of likely N-dealkylation sites (tertiary alicyclic amines) is 1. The maximum Gasteiger partial charge on any atom is 0.263 e. The normalized spacial score (nSPS) is 18.5. The van der Waals surface area contributed by atoms with E-state index in [9.17, 15) is 9.59 Å². The maximum atomic E-state index is 12.6. The molecule has 116 valence electrons. The molecular formula is C17H20N2O2S. The van der Waals surface area contributed by atoms with Crippen LogP contribution in [0.2, 0.25) is 0 Å². The Hall–Kier alpha value is -1.88. The third-order valence-electron chi connectivity index (χ3n) is 4.09. The van der Waals surface area contributed by atoms with Crippen molar-refractivity contribution in [2.24, 2.45) is 0 Å². The standard InChI is InChI=1S/C17H20N2O2S/c1-11-6-16(22-10-11)17(21)19-5-3-4-13(9-19)15-8-14(20)7-12(2)18-15/h6-8,10,13H,3-5,9H2,1-2H3,(H,18,20)/t13-/m1/s1. The number of hydrogen-bond acceptors (Lipinski definition) is 3. The van der Waals surface area contributed by atoms with Crippen LogP contribution in [0, 0.1) is 13.8 Å². The number of nitrogens with one attached hydrogen (secondary N) is 1. The van der Waals surface area contributed by atoms with E-state index in [2.05, 4.69) is 4.98 Å². The number of amides is 1. The van der Waals surface area contributed by atoms with E-state index in [0.717, 1.165) is 41.2 Å². The van der Waals surface area contributed by atoms with Gasteiger partial charge in [-0.3, -0.25) is 9.59 Å². The molecule has 3 rings (SSSR count). The van der Waals surface area contributed by atoms with Gasteiger partial charge in [0.05, 0.1) is 4.88 Å². The van der Waals surface area contributed by atoms with Crippen LogP contribution in [0.1, 0.15) is 45.4 Å². The van der Waals surface area contributed by atoms with E-state index in [1.54, 1.807) is 12.1 Å². The first-order valence-electron chi connectivity index (χ1n) is 7.58. The van der Waals surface area contributed by atoms with Gasteiger partial charge in [-0.2, -0.15) is 0 Å². The number of aryl methyl sites for hydroxylation is 2. The Labute approximate surface area is 133 Å². The third-order valence-corrected chi connectivity index (χ3v) is 5.12. The summed E-state index contributed by atoms with van der Waals surface area (Å²) in [6, 6.07) is 5.22. The Balaban J connectivity index is 1.79. The Morgan fingerprint density at radius 2 is 2.14 bits per heavy atom. The zero-order valence-electron chi connectivity index (χ0n) is 12.9. The van der Waals surface area contributed by atoms with E-state index in [1.165, 1.54) is 11.3 Å². The van der Waals surface area contributed by atoms with Gasteiger partial charge in [-0.05, 0) is 43.7 Å². The second-order valence-electron chi connectivity index (χ2n) is 6.03. The predicted octanol–water partition coefficient (Wildman–Crippen LogP) is 3.07. The van der Waals surface area contributed by atoms with Gasteiger partial charge in [0, 0.05) is 42.5 Å². The van der Waals surface area contributed by atoms with Gasteiger partial charge < -0.3 is 9.88 Å². The summed E-state index contributed by atoms with van der Waals surface area (Å²) in [5.74, 6) is 0.323. The summed E-state index contributed by atoms with van der Waals surface area (Å²) >= 11 is 1.50. The fourth-order valence-corrected chi connectivity index (χ4v) is 3.91. The molecule has 0 unspecified atom stereocenters. The van der Waals surface area contributed by atoms with Gasteiger partial charge in [0.25, 0.3) is 5.91 Å². The van der Waals surface area contributed by atoms with Crippen molar-refractivity contribution in [1.82, 2.24) is 9.88 Å². The number of pyridine rings is 1. The number of nitrogens with zero attached hydrogens (tertiary/aromatic N) is 1. The monoisotopic (exact) mass is 316 g/mol. The lowest BCUT2D eigenvalue weighted by Crippen LogP contribution is -2.39. The Bertz CT molecular complexity index is 747. The molecule has 0 radical (unpaired) electrons. The zero-order valence-corrected chi connectivity index (χ0v) is 13.7. The van der Waals surface area contributed by atoms with Crippen molar-refractivity contribution in [2.45, 2.75) is 32.6 Å². The van der Waals surface area contributed by atoms with Crippen molar-refractivity contribution in [2.75, 3.05) is 13.1 Å². The molecular weight excluding hydrogens is 296 g/mol. The highest BCUT2D eigenvalue weighted by atomic mass is 32.1. The summed E-state index contributed by atoms with van der Waals surface area (Å²) in [7, 11) is 0. The van der Waals surface area contributed by atoms with Gasteiger partial charge in [0.15, 0.2) is 5.43 Å². The third kappa shape index (κ3) is 3.14. The summed E-state index contributed by atoms with van der Waals surface area (Å²) in [5, 5.41) is 2.01. The second-order valence-corrected chi connectivity index (χ2v) is 6.94. The van der Waals surface area contributed by atoms with Gasteiger partial charge in [-0.15, -0.1) is 11.3 Å². The molecule has 0 aliphatic carbocycles. The van der Waals surface area contributed by atoms with Gasteiger partial charge >= 0.3 is 0 Å². The minimum atomic E-state index is 0.0311. The molecule has 0 aromatic carbocycles. The first-order valence-corrected chi connectivity index (χ1v) is 8.46. The Morgan fingerprint density at radius 3 is 2.82 bits per heavy atom. The molecule has 2 aromatic heterocycles. The quantitative estimate of drug-likeness (QED) is 0.925. The number of rotatable bonds is 2. The number of H-pyrrole nitrogens is 1. The molecule has 1 fully saturated rings. The first-order chi connectivity index (χ1) is 10.5. The average Bonchev–Trinajstić information content (AvgIpc) is 2.92. The van der Waals surface area contributed by atoms with E-state index >= 15 is 0 Å². The smallest absolute Gasteiger partial charge is 0.263 e. The van der Waals surface area contributed by atoms with E-state index in [4.69, 9.17) is 0 Å². The molecule has 2 aromatic rings. The summed E-state index contributed by atoms with van der Waals surface area (Å²) in [6.45, 7) is 5.37. The SMILES string of the molecule is Cc1csc(C(=O)N2CCC[C@@H](c3cc(=O)cc(C)[nH]3)C2)c1. The highest BCUT2D eigenvalue weighted by Gasteiger charge is 2.26. The lowest BCUT2D eigenvalue weighted by Gasteiger charge is -2.32. The van der Waals surface area contributed by atoms with Crippen molar-refractivity contribution in [3.05, 3.63) is 55.6 Å². The van der Waals surface area contributed by atoms with Crippen LogP contribution in [0.15, 0.2) is 28.4 Å². The van der Waals surface area contributed by atoms with Crippen LogP contribution >= 0.6 is 11.3 Å². The topological polar surface area (TPSA) is 53.2 Å². The van der Waals surface area contributed by atoms with Gasteiger partial charge in [-0.25, -0.2) is 0 Å². The van der Waals surface area contributed by atoms with Crippen molar-refractivity contribution >= 4 is 17.2 Å². The highest BCUT2D eigenvalue weighted by molar-refractivity contribution is 7.12. The molecule has 0 bridgehead atoms. The number of carbonyl (C=O) groups excluding carboxylic acids is 1. The molecule has 1 N–H and O–H groups in total. The summed E-state index contributed by atoms with van der Waals surface area (Å²) in [4.78, 5) is 30.3. The van der Waals surface area contributed by atoms with Crippen LogP contribution in [0.3, 0.4) is 0 Å². The molecule has 3 heterocycles. The fourth-order valence-electron chi connectivity index (χ4n) is 3.04. The van der Waals surface area contributed by atoms with Crippen LogP contribution in [0.25, 0.3) is 0 Å². The second kappa shape index (κ2) is 6.08. The van der Waals surface area contributed by atoms with Crippen LogP contribution in [-0.2, 0) is 0 Å². The van der Waals surface area contributed by atoms with E-state index in [0.29, 0.717) is 6.54 Å². The highest BCUT2D eigenvalue weighted by Crippen LogP contribution is 2.27. The van der Waals surface area contributed by atoms with Gasteiger partial charge in [-0.1, -0.05) is 0 Å². The molecule has 5 heteroatoms. The van der Waals surface area contributed by atoms with Crippen molar-refractivity contribution in [1.29, 1.82) is 0 Å². The van der Waals surface area contributed by atoms with Gasteiger partial charge in [0.2, 0.25) is 0 Å². The van der Waals surface area contributed by atoms with Crippen molar-refractivity contribution in [3.63, 3.8) is 0 Å². The van der Waals surface area contributed by atoms with Crippen molar-refractivity contribution < 1.29 is 4.79 Å². The number of aromatic nitrogens is 1. The molecule has 4 nitrogen and oxygen atoms in total. The Kier molecular flexibility index (Phi) is 4.16. The Morgan fingerprint density at radius 1 is 1.32 bits per heavy atom. The fraction of sp³-hybridized carbons (Fsp3) is 0.412. The lowest BCUT2D eigenvalue weighted by molar-refractivity contribution is 0.0710. The molecule has 0 spiro atoms. The molecule has 1 atom stereocenters. The van der Waals surface area contributed by atoms with E-state index < -0.39 is 0 Å². The summed E-state index contributed by atoms with van der Waals surface area (Å²) in [6.07, 6.45) is 1.98. The minimum Gasteiger partial charge on any atom is -0.362 e. The molecule has 22 heavy (non-hydrogen) atoms. The van der Waals surface area contributed by atoms with Crippen LogP contribution in [0.4, 0.5) is 0 Å². The number of piperidine rings is 1. The number of aromatic amines is 1. The largest absolute Gasteiger partial charge is 0.362 e. The van der Waals surface area contributed by atoms with Crippen molar-refractivity contribution in [3.8, 4) is 0 Å². The molecule has 1 saturated heterocycles. The zero-order chi connectivity index (χ0) is 15.7. The number of thiophene rings is 1. The molecule has 1 aliphatic heterocycles. The van der Waals surface area contributed by atoms with Crippen LogP contribution in [0.5, 0.6) is 0 Å². The predicted molar refractivity (Wildman–Crippen MR) is 88.7 cm³/mol. The first kappa shape index (κ1) is 15.0.